The Morgan fingerprint density at radius 2 is 2.05 bits per heavy atom. The number of nitrogens with one attached hydrogen (secondary N) is 1. The average Bonchev–Trinajstić information content (AvgIpc) is 3.08. The van der Waals surface area contributed by atoms with Crippen molar-refractivity contribution in [2.24, 2.45) is 0 Å². The normalized spacial score (nSPS) is 15.4. The summed E-state index contributed by atoms with van der Waals surface area (Å²) in [6.07, 6.45) is 2.89. The van der Waals surface area contributed by atoms with Gasteiger partial charge in [0.2, 0.25) is 5.91 Å². The number of carbonyl (C=O) groups excluding carboxylic acids is 1. The Morgan fingerprint density at radius 1 is 1.18 bits per heavy atom. The smallest absolute Gasteiger partial charge is 0.247 e. The van der Waals surface area contributed by atoms with Gasteiger partial charge in [0, 0.05) is 30.1 Å². The lowest BCUT2D eigenvalue weighted by Crippen LogP contribution is -2.33. The Labute approximate surface area is 135 Å². The molecule has 0 aliphatic carbocycles. The molecule has 114 valence electrons. The van der Waals surface area contributed by atoms with Gasteiger partial charge < -0.3 is 5.32 Å². The van der Waals surface area contributed by atoms with Crippen molar-refractivity contribution in [3.8, 4) is 0 Å². The summed E-state index contributed by atoms with van der Waals surface area (Å²) >= 11 is 1.67. The first-order valence-electron chi connectivity index (χ1n) is 7.57. The molecule has 4 heteroatoms. The van der Waals surface area contributed by atoms with Gasteiger partial charge in [-0.1, -0.05) is 42.5 Å². The Kier molecular flexibility index (Phi) is 5.03. The zero-order valence-electron chi connectivity index (χ0n) is 12.5. The summed E-state index contributed by atoms with van der Waals surface area (Å²) in [5.41, 5.74) is 2.24. The first-order chi connectivity index (χ1) is 10.8. The molecule has 1 N–H and O–H groups in total. The van der Waals surface area contributed by atoms with E-state index in [1.165, 1.54) is 10.4 Å². The summed E-state index contributed by atoms with van der Waals surface area (Å²) in [6.45, 7) is 3.35. The molecule has 0 unspecified atom stereocenters. The Bertz CT molecular complexity index is 634. The Morgan fingerprint density at radius 3 is 2.73 bits per heavy atom. The lowest BCUT2D eigenvalue weighted by Gasteiger charge is -2.25. The number of thiophene rings is 1. The van der Waals surface area contributed by atoms with E-state index in [4.69, 9.17) is 0 Å². The molecule has 0 fully saturated rings. The molecule has 0 atom stereocenters. The molecule has 0 spiro atoms. The van der Waals surface area contributed by atoms with Crippen LogP contribution in [0.15, 0.2) is 59.5 Å². The van der Waals surface area contributed by atoms with E-state index in [-0.39, 0.29) is 5.91 Å². The van der Waals surface area contributed by atoms with Gasteiger partial charge in [-0.2, -0.15) is 0 Å². The molecule has 1 amide bonds. The van der Waals surface area contributed by atoms with Crippen molar-refractivity contribution in [3.05, 3.63) is 69.9 Å². The summed E-state index contributed by atoms with van der Waals surface area (Å²) in [5.74, 6) is 0.0766. The van der Waals surface area contributed by atoms with E-state index in [2.05, 4.69) is 40.6 Å². The SMILES string of the molecule is O=C(NCc1cccs1)C1=CCN(Cc2ccccc2)CC1. The van der Waals surface area contributed by atoms with Crippen LogP contribution in [-0.4, -0.2) is 23.9 Å². The number of hydrogen-bond donors (Lipinski definition) is 1. The molecule has 0 saturated carbocycles. The standard InChI is InChI=1S/C18H20N2OS/c21-18(19-13-17-7-4-12-22-17)16-8-10-20(11-9-16)14-15-5-2-1-3-6-15/h1-8,12H,9-11,13-14H2,(H,19,21). The van der Waals surface area contributed by atoms with Gasteiger partial charge in [0.05, 0.1) is 6.54 Å². The molecule has 3 rings (SSSR count). The molecule has 0 saturated heterocycles. The lowest BCUT2D eigenvalue weighted by molar-refractivity contribution is -0.117. The van der Waals surface area contributed by atoms with Gasteiger partial charge in [-0.25, -0.2) is 0 Å². The summed E-state index contributed by atoms with van der Waals surface area (Å²) in [4.78, 5) is 15.7. The molecular weight excluding hydrogens is 292 g/mol. The van der Waals surface area contributed by atoms with Crippen molar-refractivity contribution in [2.45, 2.75) is 19.5 Å². The van der Waals surface area contributed by atoms with E-state index in [9.17, 15) is 4.79 Å². The third-order valence-electron chi connectivity index (χ3n) is 3.84. The largest absolute Gasteiger partial charge is 0.347 e. The van der Waals surface area contributed by atoms with E-state index in [1.54, 1.807) is 11.3 Å². The van der Waals surface area contributed by atoms with Crippen molar-refractivity contribution in [1.29, 1.82) is 0 Å². The van der Waals surface area contributed by atoms with Gasteiger partial charge in [-0.05, 0) is 23.4 Å². The van der Waals surface area contributed by atoms with Crippen LogP contribution in [0.4, 0.5) is 0 Å². The van der Waals surface area contributed by atoms with Crippen LogP contribution in [0.5, 0.6) is 0 Å². The predicted octanol–water partition coefficient (Wildman–Crippen LogP) is 3.20. The van der Waals surface area contributed by atoms with Gasteiger partial charge >= 0.3 is 0 Å². The zero-order valence-corrected chi connectivity index (χ0v) is 13.3. The first-order valence-corrected chi connectivity index (χ1v) is 8.45. The maximum absolute atomic E-state index is 12.2. The highest BCUT2D eigenvalue weighted by atomic mass is 32.1. The number of carbonyl (C=O) groups is 1. The second-order valence-corrected chi connectivity index (χ2v) is 6.49. The fourth-order valence-electron chi connectivity index (χ4n) is 2.60. The molecular formula is C18H20N2OS. The van der Waals surface area contributed by atoms with Gasteiger partial charge in [-0.15, -0.1) is 11.3 Å². The number of nitrogens with zero attached hydrogens (tertiary/aromatic N) is 1. The quantitative estimate of drug-likeness (QED) is 0.919. The minimum absolute atomic E-state index is 0.0766. The highest BCUT2D eigenvalue weighted by Crippen LogP contribution is 2.14. The first kappa shape index (κ1) is 15.0. The molecule has 3 nitrogen and oxygen atoms in total. The zero-order chi connectivity index (χ0) is 15.2. The van der Waals surface area contributed by atoms with E-state index >= 15 is 0 Å². The van der Waals surface area contributed by atoms with Crippen LogP contribution in [0.1, 0.15) is 16.9 Å². The van der Waals surface area contributed by atoms with Crippen molar-refractivity contribution in [1.82, 2.24) is 10.2 Å². The number of amides is 1. The molecule has 1 aromatic carbocycles. The van der Waals surface area contributed by atoms with Crippen LogP contribution in [0, 0.1) is 0 Å². The molecule has 22 heavy (non-hydrogen) atoms. The predicted molar refractivity (Wildman–Crippen MR) is 90.6 cm³/mol. The maximum Gasteiger partial charge on any atom is 0.247 e. The molecule has 1 aliphatic heterocycles. The second kappa shape index (κ2) is 7.38. The van der Waals surface area contributed by atoms with Crippen molar-refractivity contribution in [2.75, 3.05) is 13.1 Å². The molecule has 0 radical (unpaired) electrons. The van der Waals surface area contributed by atoms with Crippen LogP contribution in [0.2, 0.25) is 0 Å². The highest BCUT2D eigenvalue weighted by molar-refractivity contribution is 7.09. The molecule has 1 aliphatic rings. The van der Waals surface area contributed by atoms with Crippen molar-refractivity contribution >= 4 is 17.2 Å². The van der Waals surface area contributed by atoms with E-state index in [0.717, 1.165) is 31.6 Å². The molecule has 1 aromatic heterocycles. The Hall–Kier alpha value is -1.91. The topological polar surface area (TPSA) is 32.3 Å². The molecule has 2 heterocycles. The van der Waals surface area contributed by atoms with Gasteiger partial charge in [0.1, 0.15) is 0 Å². The monoisotopic (exact) mass is 312 g/mol. The highest BCUT2D eigenvalue weighted by Gasteiger charge is 2.16. The number of benzene rings is 1. The third kappa shape index (κ3) is 4.06. The minimum Gasteiger partial charge on any atom is -0.347 e. The summed E-state index contributed by atoms with van der Waals surface area (Å²) in [5, 5.41) is 5.03. The van der Waals surface area contributed by atoms with Gasteiger partial charge in [0.25, 0.3) is 0 Å². The van der Waals surface area contributed by atoms with Crippen LogP contribution in [0.3, 0.4) is 0 Å². The summed E-state index contributed by atoms with van der Waals surface area (Å²) in [6, 6.07) is 14.5. The number of hydrogen-bond acceptors (Lipinski definition) is 3. The van der Waals surface area contributed by atoms with Crippen LogP contribution in [0.25, 0.3) is 0 Å². The average molecular weight is 312 g/mol. The molecule has 2 aromatic rings. The maximum atomic E-state index is 12.2. The lowest BCUT2D eigenvalue weighted by atomic mass is 10.1. The third-order valence-corrected chi connectivity index (χ3v) is 4.71. The van der Waals surface area contributed by atoms with Crippen molar-refractivity contribution in [3.63, 3.8) is 0 Å². The van der Waals surface area contributed by atoms with Crippen LogP contribution < -0.4 is 5.32 Å². The van der Waals surface area contributed by atoms with E-state index in [0.29, 0.717) is 6.54 Å². The summed E-state index contributed by atoms with van der Waals surface area (Å²) < 4.78 is 0. The fraction of sp³-hybridized carbons (Fsp3) is 0.278. The summed E-state index contributed by atoms with van der Waals surface area (Å²) in [7, 11) is 0. The van der Waals surface area contributed by atoms with Crippen molar-refractivity contribution < 1.29 is 4.79 Å². The van der Waals surface area contributed by atoms with Gasteiger partial charge in [-0.3, -0.25) is 9.69 Å². The van der Waals surface area contributed by atoms with Crippen LogP contribution in [-0.2, 0) is 17.9 Å². The van der Waals surface area contributed by atoms with E-state index < -0.39 is 0 Å². The van der Waals surface area contributed by atoms with Gasteiger partial charge in [0.15, 0.2) is 0 Å². The second-order valence-electron chi connectivity index (χ2n) is 5.46. The number of rotatable bonds is 5. The minimum atomic E-state index is 0.0766. The van der Waals surface area contributed by atoms with E-state index in [1.807, 2.05) is 23.6 Å². The fourth-order valence-corrected chi connectivity index (χ4v) is 3.24. The van der Waals surface area contributed by atoms with Crippen LogP contribution >= 0.6 is 11.3 Å². The molecule has 0 bridgehead atoms. The Balaban J connectivity index is 1.49.